The van der Waals surface area contributed by atoms with Crippen LogP contribution in [-0.2, 0) is 14.4 Å². The van der Waals surface area contributed by atoms with Crippen molar-refractivity contribution in [1.82, 2.24) is 14.7 Å². The second-order valence-electron chi connectivity index (χ2n) is 7.27. The molecule has 0 N–H and O–H groups in total. The lowest BCUT2D eigenvalue weighted by Crippen LogP contribution is -2.52. The summed E-state index contributed by atoms with van der Waals surface area (Å²) in [6, 6.07) is 5.87. The van der Waals surface area contributed by atoms with E-state index in [0.717, 1.165) is 0 Å². The van der Waals surface area contributed by atoms with Gasteiger partial charge in [-0.2, -0.15) is 0 Å². The molecule has 2 fully saturated rings. The van der Waals surface area contributed by atoms with E-state index in [-0.39, 0.29) is 30.7 Å². The van der Waals surface area contributed by atoms with Crippen molar-refractivity contribution in [2.45, 2.75) is 6.42 Å². The van der Waals surface area contributed by atoms with Crippen molar-refractivity contribution in [3.63, 3.8) is 0 Å². The smallest absolute Gasteiger partial charge is 0.236 e. The first-order chi connectivity index (χ1) is 12.8. The zero-order valence-electron chi connectivity index (χ0n) is 15.7. The van der Waals surface area contributed by atoms with E-state index in [1.807, 2.05) is 4.90 Å². The second-order valence-corrected chi connectivity index (χ2v) is 7.27. The normalized spacial score (nSPS) is 20.9. The van der Waals surface area contributed by atoms with Crippen molar-refractivity contribution in [2.24, 2.45) is 5.92 Å². The van der Waals surface area contributed by atoms with E-state index in [4.69, 9.17) is 0 Å². The average Bonchev–Trinajstić information content (AvgIpc) is 3.03. The second kappa shape index (κ2) is 8.04. The molecular weight excluding hydrogens is 351 g/mol. The van der Waals surface area contributed by atoms with Gasteiger partial charge in [-0.1, -0.05) is 6.07 Å². The lowest BCUT2D eigenvalue weighted by molar-refractivity contribution is -0.138. The summed E-state index contributed by atoms with van der Waals surface area (Å²) in [6.07, 6.45) is 0.147. The third-order valence-corrected chi connectivity index (χ3v) is 5.14. The summed E-state index contributed by atoms with van der Waals surface area (Å²) in [5.41, 5.74) is 0.488. The number of carbonyl (C=O) groups is 3. The molecule has 0 unspecified atom stereocenters. The maximum absolute atomic E-state index is 13.4. The molecule has 2 heterocycles. The molecule has 1 aromatic carbocycles. The fourth-order valence-corrected chi connectivity index (χ4v) is 3.48. The summed E-state index contributed by atoms with van der Waals surface area (Å²) in [6.45, 7) is 3.00. The Labute approximate surface area is 158 Å². The van der Waals surface area contributed by atoms with Crippen molar-refractivity contribution in [3.05, 3.63) is 30.1 Å². The summed E-state index contributed by atoms with van der Waals surface area (Å²) < 4.78 is 13.4. The molecule has 0 bridgehead atoms. The zero-order valence-corrected chi connectivity index (χ0v) is 15.7. The van der Waals surface area contributed by atoms with Crippen LogP contribution >= 0.6 is 0 Å². The van der Waals surface area contributed by atoms with Crippen LogP contribution in [0.5, 0.6) is 0 Å². The van der Waals surface area contributed by atoms with Crippen LogP contribution in [-0.4, -0.2) is 85.8 Å². The number of halogens is 1. The first-order valence-electron chi connectivity index (χ1n) is 9.12. The Balaban J connectivity index is 1.55. The molecule has 1 aromatic rings. The largest absolute Gasteiger partial charge is 0.348 e. The fourth-order valence-electron chi connectivity index (χ4n) is 3.48. The Kier molecular flexibility index (Phi) is 5.74. The summed E-state index contributed by atoms with van der Waals surface area (Å²) in [7, 11) is 3.45. The van der Waals surface area contributed by atoms with Gasteiger partial charge in [-0.3, -0.25) is 19.3 Å². The molecule has 2 aliphatic heterocycles. The summed E-state index contributed by atoms with van der Waals surface area (Å²) in [5, 5.41) is 0. The predicted molar refractivity (Wildman–Crippen MR) is 98.6 cm³/mol. The van der Waals surface area contributed by atoms with E-state index >= 15 is 0 Å². The molecule has 2 saturated heterocycles. The van der Waals surface area contributed by atoms with Crippen LogP contribution in [0.25, 0.3) is 0 Å². The van der Waals surface area contributed by atoms with E-state index in [0.29, 0.717) is 38.4 Å². The Morgan fingerprint density at radius 2 is 1.89 bits per heavy atom. The molecule has 0 saturated carbocycles. The topological polar surface area (TPSA) is 64.2 Å². The molecule has 3 rings (SSSR count). The van der Waals surface area contributed by atoms with Gasteiger partial charge in [0.2, 0.25) is 17.7 Å². The van der Waals surface area contributed by atoms with Gasteiger partial charge in [0.15, 0.2) is 0 Å². The number of anilines is 1. The highest BCUT2D eigenvalue weighted by Crippen LogP contribution is 2.27. The van der Waals surface area contributed by atoms with Crippen molar-refractivity contribution in [3.8, 4) is 0 Å². The molecule has 0 spiro atoms. The Hall–Kier alpha value is -2.48. The molecule has 3 amide bonds. The lowest BCUT2D eigenvalue weighted by Gasteiger charge is -2.35. The maximum atomic E-state index is 13.4. The minimum Gasteiger partial charge on any atom is -0.348 e. The van der Waals surface area contributed by atoms with E-state index < -0.39 is 11.7 Å². The van der Waals surface area contributed by atoms with E-state index in [1.165, 1.54) is 17.0 Å². The number of amides is 3. The van der Waals surface area contributed by atoms with Gasteiger partial charge in [0.05, 0.1) is 12.5 Å². The van der Waals surface area contributed by atoms with Gasteiger partial charge in [0.25, 0.3) is 0 Å². The highest BCUT2D eigenvalue weighted by atomic mass is 19.1. The average molecular weight is 376 g/mol. The molecule has 8 heteroatoms. The third kappa shape index (κ3) is 4.44. The van der Waals surface area contributed by atoms with E-state index in [2.05, 4.69) is 0 Å². The number of hydrogen-bond donors (Lipinski definition) is 0. The number of piperazine rings is 1. The molecule has 0 radical (unpaired) electrons. The van der Waals surface area contributed by atoms with Gasteiger partial charge >= 0.3 is 0 Å². The summed E-state index contributed by atoms with van der Waals surface area (Å²) in [4.78, 5) is 43.8. The standard InChI is InChI=1S/C19H25FN4O3/c1-21(2)18(26)13-22-6-8-23(9-7-22)19(27)14-10-17(25)24(12-14)16-5-3-4-15(20)11-16/h3-5,11,14H,6-10,12-13H2,1-2H3/t14-/m1/s1. The van der Waals surface area contributed by atoms with Crippen LogP contribution in [0, 0.1) is 11.7 Å². The SMILES string of the molecule is CN(C)C(=O)CN1CCN(C(=O)[C@@H]2CC(=O)N(c3cccc(F)c3)C2)CC1. The first-order valence-corrected chi connectivity index (χ1v) is 9.12. The number of nitrogens with zero attached hydrogens (tertiary/aromatic N) is 4. The molecule has 1 atom stereocenters. The summed E-state index contributed by atoms with van der Waals surface area (Å²) >= 11 is 0. The van der Waals surface area contributed by atoms with Crippen molar-refractivity contribution in [1.29, 1.82) is 0 Å². The van der Waals surface area contributed by atoms with Crippen LogP contribution in [0.2, 0.25) is 0 Å². The van der Waals surface area contributed by atoms with Gasteiger partial charge in [-0.25, -0.2) is 4.39 Å². The third-order valence-electron chi connectivity index (χ3n) is 5.14. The zero-order chi connectivity index (χ0) is 19.6. The minimum atomic E-state index is -0.407. The fraction of sp³-hybridized carbons (Fsp3) is 0.526. The Morgan fingerprint density at radius 1 is 1.19 bits per heavy atom. The Morgan fingerprint density at radius 3 is 2.52 bits per heavy atom. The maximum Gasteiger partial charge on any atom is 0.236 e. The number of hydrogen-bond acceptors (Lipinski definition) is 4. The van der Waals surface area contributed by atoms with Crippen LogP contribution < -0.4 is 4.90 Å². The Bertz CT molecular complexity index is 731. The van der Waals surface area contributed by atoms with Crippen LogP contribution in [0.1, 0.15) is 6.42 Å². The number of likely N-dealkylation sites (N-methyl/N-ethyl adjacent to an activating group) is 1. The van der Waals surface area contributed by atoms with Gasteiger partial charge in [-0.15, -0.1) is 0 Å². The predicted octanol–water partition coefficient (Wildman–Crippen LogP) is 0.411. The highest BCUT2D eigenvalue weighted by molar-refractivity contribution is 6.00. The molecule has 2 aliphatic rings. The quantitative estimate of drug-likeness (QED) is 0.764. The summed E-state index contributed by atoms with van der Waals surface area (Å²) in [5.74, 6) is -0.967. The molecular formula is C19H25FN4O3. The van der Waals surface area contributed by atoms with Gasteiger partial charge in [0.1, 0.15) is 5.82 Å². The molecule has 27 heavy (non-hydrogen) atoms. The molecule has 0 aromatic heterocycles. The van der Waals surface area contributed by atoms with Crippen LogP contribution in [0.4, 0.5) is 10.1 Å². The van der Waals surface area contributed by atoms with E-state index in [9.17, 15) is 18.8 Å². The minimum absolute atomic E-state index is 0.0409. The number of carbonyl (C=O) groups excluding carboxylic acids is 3. The highest BCUT2D eigenvalue weighted by Gasteiger charge is 2.38. The molecule has 146 valence electrons. The van der Waals surface area contributed by atoms with Crippen molar-refractivity contribution in [2.75, 3.05) is 58.3 Å². The van der Waals surface area contributed by atoms with Gasteiger partial charge in [0, 0.05) is 58.9 Å². The molecule has 0 aliphatic carbocycles. The van der Waals surface area contributed by atoms with Crippen LogP contribution in [0.3, 0.4) is 0 Å². The van der Waals surface area contributed by atoms with Crippen molar-refractivity contribution < 1.29 is 18.8 Å². The van der Waals surface area contributed by atoms with Gasteiger partial charge in [-0.05, 0) is 18.2 Å². The van der Waals surface area contributed by atoms with Gasteiger partial charge < -0.3 is 14.7 Å². The number of benzene rings is 1. The van der Waals surface area contributed by atoms with Crippen LogP contribution in [0.15, 0.2) is 24.3 Å². The first kappa shape index (κ1) is 19.3. The lowest BCUT2D eigenvalue weighted by atomic mass is 10.1. The monoisotopic (exact) mass is 376 g/mol. The van der Waals surface area contributed by atoms with Crippen molar-refractivity contribution >= 4 is 23.4 Å². The molecule has 7 nitrogen and oxygen atoms in total. The van der Waals surface area contributed by atoms with E-state index in [1.54, 1.807) is 36.0 Å². The number of rotatable bonds is 4.